The van der Waals surface area contributed by atoms with Crippen molar-refractivity contribution in [1.82, 2.24) is 5.32 Å². The van der Waals surface area contributed by atoms with E-state index in [2.05, 4.69) is 26.1 Å². The van der Waals surface area contributed by atoms with Crippen LogP contribution in [-0.2, 0) is 9.47 Å². The quantitative estimate of drug-likeness (QED) is 0.536. The van der Waals surface area contributed by atoms with Gasteiger partial charge in [0, 0.05) is 26.9 Å². The zero-order valence-electron chi connectivity index (χ0n) is 12.2. The summed E-state index contributed by atoms with van der Waals surface area (Å²) in [4.78, 5) is 0. The van der Waals surface area contributed by atoms with Crippen molar-refractivity contribution >= 4 is 0 Å². The third kappa shape index (κ3) is 7.74. The molecular formula is C14H31NO2. The Morgan fingerprint density at radius 2 is 1.65 bits per heavy atom. The Hall–Kier alpha value is -0.120. The van der Waals surface area contributed by atoms with E-state index < -0.39 is 0 Å². The fourth-order valence-corrected chi connectivity index (χ4v) is 1.82. The Morgan fingerprint density at radius 1 is 1.00 bits per heavy atom. The SMILES string of the molecule is CCCCOCCCNCC(CC)(CC)OC. The molecule has 0 aromatic rings. The van der Waals surface area contributed by atoms with Gasteiger partial charge in [0.1, 0.15) is 0 Å². The third-order valence-corrected chi connectivity index (χ3v) is 3.45. The van der Waals surface area contributed by atoms with Gasteiger partial charge in [-0.3, -0.25) is 0 Å². The Kier molecular flexibility index (Phi) is 10.9. The van der Waals surface area contributed by atoms with E-state index in [-0.39, 0.29) is 5.60 Å². The van der Waals surface area contributed by atoms with E-state index in [1.54, 1.807) is 0 Å². The smallest absolute Gasteiger partial charge is 0.0797 e. The van der Waals surface area contributed by atoms with Gasteiger partial charge in [-0.1, -0.05) is 27.2 Å². The molecule has 104 valence electrons. The number of hydrogen-bond acceptors (Lipinski definition) is 3. The number of methoxy groups -OCH3 is 1. The summed E-state index contributed by atoms with van der Waals surface area (Å²) in [6, 6.07) is 0. The number of rotatable bonds is 12. The maximum Gasteiger partial charge on any atom is 0.0797 e. The fourth-order valence-electron chi connectivity index (χ4n) is 1.82. The molecule has 0 aliphatic carbocycles. The van der Waals surface area contributed by atoms with Crippen LogP contribution in [0.1, 0.15) is 52.9 Å². The van der Waals surface area contributed by atoms with Crippen LogP contribution in [0, 0.1) is 0 Å². The van der Waals surface area contributed by atoms with Crippen LogP contribution < -0.4 is 5.32 Å². The van der Waals surface area contributed by atoms with Crippen LogP contribution >= 0.6 is 0 Å². The second kappa shape index (κ2) is 11.0. The number of nitrogens with one attached hydrogen (secondary N) is 1. The van der Waals surface area contributed by atoms with Crippen molar-refractivity contribution in [2.75, 3.05) is 33.4 Å². The molecule has 0 aromatic heterocycles. The molecule has 0 aromatic carbocycles. The Morgan fingerprint density at radius 3 is 2.18 bits per heavy atom. The van der Waals surface area contributed by atoms with Crippen molar-refractivity contribution in [3.63, 3.8) is 0 Å². The highest BCUT2D eigenvalue weighted by Crippen LogP contribution is 2.17. The first-order valence-corrected chi connectivity index (χ1v) is 7.08. The molecule has 0 aliphatic rings. The summed E-state index contributed by atoms with van der Waals surface area (Å²) in [7, 11) is 1.81. The van der Waals surface area contributed by atoms with Crippen LogP contribution in [0.5, 0.6) is 0 Å². The maximum absolute atomic E-state index is 5.60. The molecule has 0 unspecified atom stereocenters. The monoisotopic (exact) mass is 245 g/mol. The predicted octanol–water partition coefficient (Wildman–Crippen LogP) is 2.99. The molecule has 17 heavy (non-hydrogen) atoms. The van der Waals surface area contributed by atoms with E-state index in [9.17, 15) is 0 Å². The van der Waals surface area contributed by atoms with Crippen LogP contribution in [-0.4, -0.2) is 39.0 Å². The molecule has 0 rings (SSSR count). The van der Waals surface area contributed by atoms with Gasteiger partial charge >= 0.3 is 0 Å². The highest BCUT2D eigenvalue weighted by atomic mass is 16.5. The van der Waals surface area contributed by atoms with Gasteiger partial charge in [0.15, 0.2) is 0 Å². The van der Waals surface area contributed by atoms with E-state index in [0.29, 0.717) is 0 Å². The summed E-state index contributed by atoms with van der Waals surface area (Å²) in [6.07, 6.45) is 5.57. The molecule has 1 N–H and O–H groups in total. The molecular weight excluding hydrogens is 214 g/mol. The van der Waals surface area contributed by atoms with Crippen molar-refractivity contribution in [2.45, 2.75) is 58.5 Å². The molecule has 0 radical (unpaired) electrons. The van der Waals surface area contributed by atoms with Crippen molar-refractivity contribution in [2.24, 2.45) is 0 Å². The van der Waals surface area contributed by atoms with Gasteiger partial charge in [-0.2, -0.15) is 0 Å². The minimum absolute atomic E-state index is 0.0169. The number of ether oxygens (including phenoxy) is 2. The Balaban J connectivity index is 3.43. The average Bonchev–Trinajstić information content (AvgIpc) is 2.38. The third-order valence-electron chi connectivity index (χ3n) is 3.45. The van der Waals surface area contributed by atoms with E-state index >= 15 is 0 Å². The van der Waals surface area contributed by atoms with E-state index in [1.165, 1.54) is 12.8 Å². The zero-order valence-corrected chi connectivity index (χ0v) is 12.2. The summed E-state index contributed by atoms with van der Waals surface area (Å²) >= 11 is 0. The van der Waals surface area contributed by atoms with Crippen molar-refractivity contribution in [1.29, 1.82) is 0 Å². The topological polar surface area (TPSA) is 30.5 Å². The van der Waals surface area contributed by atoms with E-state index in [4.69, 9.17) is 9.47 Å². The largest absolute Gasteiger partial charge is 0.381 e. The summed E-state index contributed by atoms with van der Waals surface area (Å²) < 4.78 is 11.1. The van der Waals surface area contributed by atoms with Gasteiger partial charge in [0.25, 0.3) is 0 Å². The second-order valence-corrected chi connectivity index (χ2v) is 4.59. The van der Waals surface area contributed by atoms with Gasteiger partial charge in [-0.15, -0.1) is 0 Å². The minimum atomic E-state index is 0.0169. The lowest BCUT2D eigenvalue weighted by Crippen LogP contribution is -2.41. The lowest BCUT2D eigenvalue weighted by Gasteiger charge is -2.30. The first-order valence-electron chi connectivity index (χ1n) is 7.08. The first-order chi connectivity index (χ1) is 8.24. The summed E-state index contributed by atoms with van der Waals surface area (Å²) in [5, 5.41) is 3.46. The Bertz CT molecular complexity index is 150. The number of hydrogen-bond donors (Lipinski definition) is 1. The highest BCUT2D eigenvalue weighted by molar-refractivity contribution is 4.79. The maximum atomic E-state index is 5.60. The highest BCUT2D eigenvalue weighted by Gasteiger charge is 2.24. The molecule has 0 aliphatic heterocycles. The van der Waals surface area contributed by atoms with Gasteiger partial charge < -0.3 is 14.8 Å². The molecule has 3 nitrogen and oxygen atoms in total. The van der Waals surface area contributed by atoms with Crippen molar-refractivity contribution in [3.05, 3.63) is 0 Å². The van der Waals surface area contributed by atoms with Crippen LogP contribution in [0.25, 0.3) is 0 Å². The fraction of sp³-hybridized carbons (Fsp3) is 1.00. The van der Waals surface area contributed by atoms with Crippen molar-refractivity contribution < 1.29 is 9.47 Å². The van der Waals surface area contributed by atoms with Gasteiger partial charge in [0.2, 0.25) is 0 Å². The molecule has 3 heteroatoms. The molecule has 0 saturated heterocycles. The molecule has 0 bridgehead atoms. The van der Waals surface area contributed by atoms with Gasteiger partial charge in [0.05, 0.1) is 5.60 Å². The summed E-state index contributed by atoms with van der Waals surface area (Å²) in [5.74, 6) is 0. The lowest BCUT2D eigenvalue weighted by molar-refractivity contribution is -0.0158. The summed E-state index contributed by atoms with van der Waals surface area (Å²) in [6.45, 7) is 10.3. The first kappa shape index (κ1) is 16.9. The Labute approximate surface area is 107 Å². The zero-order chi connectivity index (χ0) is 13.0. The van der Waals surface area contributed by atoms with E-state index in [0.717, 1.165) is 45.6 Å². The number of unbranched alkanes of at least 4 members (excludes halogenated alkanes) is 1. The van der Waals surface area contributed by atoms with Crippen LogP contribution in [0.2, 0.25) is 0 Å². The predicted molar refractivity (Wildman–Crippen MR) is 73.5 cm³/mol. The molecule has 0 spiro atoms. The standard InChI is InChI=1S/C14H31NO2/c1-5-8-11-17-12-9-10-15-13-14(6-2,7-3)16-4/h15H,5-13H2,1-4H3. The molecule has 0 saturated carbocycles. The van der Waals surface area contributed by atoms with Crippen molar-refractivity contribution in [3.8, 4) is 0 Å². The molecule has 0 fully saturated rings. The van der Waals surface area contributed by atoms with Gasteiger partial charge in [-0.05, 0) is 32.2 Å². The summed E-state index contributed by atoms with van der Waals surface area (Å²) in [5.41, 5.74) is 0.0169. The normalized spacial score (nSPS) is 12.0. The van der Waals surface area contributed by atoms with E-state index in [1.807, 2.05) is 7.11 Å². The van der Waals surface area contributed by atoms with Crippen LogP contribution in [0.15, 0.2) is 0 Å². The molecule has 0 heterocycles. The minimum Gasteiger partial charge on any atom is -0.381 e. The van der Waals surface area contributed by atoms with Crippen LogP contribution in [0.3, 0.4) is 0 Å². The van der Waals surface area contributed by atoms with Gasteiger partial charge in [-0.25, -0.2) is 0 Å². The van der Waals surface area contributed by atoms with Crippen LogP contribution in [0.4, 0.5) is 0 Å². The lowest BCUT2D eigenvalue weighted by atomic mass is 9.97. The molecule has 0 amide bonds. The molecule has 0 atom stereocenters. The second-order valence-electron chi connectivity index (χ2n) is 4.59. The average molecular weight is 245 g/mol.